The summed E-state index contributed by atoms with van der Waals surface area (Å²) in [6.45, 7) is -0.151. The maximum absolute atomic E-state index is 12.0. The number of hydrogen-bond acceptors (Lipinski definition) is 5. The van der Waals surface area contributed by atoms with E-state index in [1.54, 1.807) is 16.8 Å². The van der Waals surface area contributed by atoms with Gasteiger partial charge in [-0.1, -0.05) is 0 Å². The minimum atomic E-state index is -4.81. The highest BCUT2D eigenvalue weighted by molar-refractivity contribution is 7.07. The highest BCUT2D eigenvalue weighted by Crippen LogP contribution is 2.23. The first-order valence-corrected chi connectivity index (χ1v) is 7.84. The SMILES string of the molecule is O=C(NCC(O)c1ccsc1)C(=O)Nc1ccc(OC(F)(F)F)cc1. The molecule has 0 radical (unpaired) electrons. The van der Waals surface area contributed by atoms with Crippen LogP contribution in [0.4, 0.5) is 18.9 Å². The molecule has 0 fully saturated rings. The number of aliphatic hydroxyl groups excluding tert-OH is 1. The molecule has 2 rings (SSSR count). The molecule has 1 aromatic carbocycles. The number of benzene rings is 1. The van der Waals surface area contributed by atoms with E-state index in [1.807, 2.05) is 0 Å². The van der Waals surface area contributed by atoms with Crippen molar-refractivity contribution in [2.45, 2.75) is 12.5 Å². The normalized spacial score (nSPS) is 12.3. The lowest BCUT2D eigenvalue weighted by atomic mass is 10.2. The molecule has 134 valence electrons. The fourth-order valence-corrected chi connectivity index (χ4v) is 2.49. The number of thiophene rings is 1. The number of aliphatic hydroxyl groups is 1. The third kappa shape index (κ3) is 6.08. The molecular weight excluding hydrogens is 361 g/mol. The predicted octanol–water partition coefficient (Wildman–Crippen LogP) is 2.44. The molecule has 0 saturated heterocycles. The average Bonchev–Trinajstić information content (AvgIpc) is 3.07. The monoisotopic (exact) mass is 374 g/mol. The molecule has 2 aromatic rings. The second-order valence-corrected chi connectivity index (χ2v) is 5.59. The Morgan fingerprint density at radius 2 is 1.84 bits per heavy atom. The van der Waals surface area contributed by atoms with Gasteiger partial charge < -0.3 is 20.5 Å². The van der Waals surface area contributed by atoms with Crippen molar-refractivity contribution in [1.29, 1.82) is 0 Å². The van der Waals surface area contributed by atoms with Crippen molar-refractivity contribution < 1.29 is 32.6 Å². The van der Waals surface area contributed by atoms with E-state index in [0.717, 1.165) is 24.3 Å². The van der Waals surface area contributed by atoms with Crippen LogP contribution in [0.25, 0.3) is 0 Å². The molecule has 2 amide bonds. The smallest absolute Gasteiger partial charge is 0.406 e. The van der Waals surface area contributed by atoms with Crippen molar-refractivity contribution >= 4 is 28.8 Å². The fraction of sp³-hybridized carbons (Fsp3) is 0.200. The van der Waals surface area contributed by atoms with Crippen LogP contribution in [0, 0.1) is 0 Å². The number of carbonyl (C=O) groups is 2. The summed E-state index contributed by atoms with van der Waals surface area (Å²) in [6, 6.07) is 6.01. The molecule has 1 unspecified atom stereocenters. The first-order chi connectivity index (χ1) is 11.7. The molecule has 3 N–H and O–H groups in total. The molecule has 1 aromatic heterocycles. The van der Waals surface area contributed by atoms with Crippen LogP contribution in [0.1, 0.15) is 11.7 Å². The van der Waals surface area contributed by atoms with Gasteiger partial charge in [-0.15, -0.1) is 13.2 Å². The van der Waals surface area contributed by atoms with E-state index in [9.17, 15) is 27.9 Å². The molecule has 0 saturated carbocycles. The van der Waals surface area contributed by atoms with Gasteiger partial charge in [0, 0.05) is 12.2 Å². The summed E-state index contributed by atoms with van der Waals surface area (Å²) in [6.07, 6.45) is -5.75. The molecule has 1 heterocycles. The lowest BCUT2D eigenvalue weighted by Gasteiger charge is -2.11. The number of nitrogens with one attached hydrogen (secondary N) is 2. The molecule has 0 aliphatic heterocycles. The van der Waals surface area contributed by atoms with Gasteiger partial charge in [0.05, 0.1) is 6.10 Å². The highest BCUT2D eigenvalue weighted by atomic mass is 32.1. The third-order valence-corrected chi connectivity index (χ3v) is 3.64. The van der Waals surface area contributed by atoms with Crippen LogP contribution in [0.3, 0.4) is 0 Å². The highest BCUT2D eigenvalue weighted by Gasteiger charge is 2.31. The van der Waals surface area contributed by atoms with Crippen molar-refractivity contribution in [2.75, 3.05) is 11.9 Å². The summed E-state index contributed by atoms with van der Waals surface area (Å²) in [5.74, 6) is -2.44. The van der Waals surface area contributed by atoms with E-state index in [1.165, 1.54) is 11.3 Å². The number of alkyl halides is 3. The Labute approximate surface area is 144 Å². The van der Waals surface area contributed by atoms with Crippen LogP contribution < -0.4 is 15.4 Å². The molecule has 1 atom stereocenters. The van der Waals surface area contributed by atoms with Gasteiger partial charge in [0.25, 0.3) is 0 Å². The van der Waals surface area contributed by atoms with E-state index in [-0.39, 0.29) is 12.2 Å². The zero-order valence-electron chi connectivity index (χ0n) is 12.5. The molecule has 6 nitrogen and oxygen atoms in total. The van der Waals surface area contributed by atoms with Gasteiger partial charge in [0.2, 0.25) is 0 Å². The van der Waals surface area contributed by atoms with E-state index >= 15 is 0 Å². The van der Waals surface area contributed by atoms with E-state index in [4.69, 9.17) is 0 Å². The number of carbonyl (C=O) groups excluding carboxylic acids is 2. The summed E-state index contributed by atoms with van der Waals surface area (Å²) < 4.78 is 39.8. The van der Waals surface area contributed by atoms with Crippen molar-refractivity contribution in [1.82, 2.24) is 5.32 Å². The Bertz CT molecular complexity index is 717. The number of anilines is 1. The second-order valence-electron chi connectivity index (χ2n) is 4.81. The van der Waals surface area contributed by atoms with Crippen molar-refractivity contribution in [3.05, 3.63) is 46.7 Å². The number of amides is 2. The molecule has 25 heavy (non-hydrogen) atoms. The Balaban J connectivity index is 1.83. The summed E-state index contributed by atoms with van der Waals surface area (Å²) in [5, 5.41) is 17.8. The number of ether oxygens (including phenoxy) is 1. The predicted molar refractivity (Wildman–Crippen MR) is 84.0 cm³/mol. The minimum Gasteiger partial charge on any atom is -0.406 e. The summed E-state index contributed by atoms with van der Waals surface area (Å²) in [4.78, 5) is 23.4. The van der Waals surface area contributed by atoms with Crippen LogP contribution in [-0.2, 0) is 9.59 Å². The Kier molecular flexibility index (Phi) is 5.99. The molecule has 0 aliphatic rings. The third-order valence-electron chi connectivity index (χ3n) is 2.94. The van der Waals surface area contributed by atoms with Crippen LogP contribution >= 0.6 is 11.3 Å². The van der Waals surface area contributed by atoms with Crippen LogP contribution in [-0.4, -0.2) is 29.8 Å². The standard InChI is InChI=1S/C15H13F3N2O4S/c16-15(17,18)24-11-3-1-10(2-4-11)20-14(23)13(22)19-7-12(21)9-5-6-25-8-9/h1-6,8,12,21H,7H2,(H,19,22)(H,20,23). The van der Waals surface area contributed by atoms with Crippen molar-refractivity contribution in [2.24, 2.45) is 0 Å². The Morgan fingerprint density at radius 1 is 1.16 bits per heavy atom. The fourth-order valence-electron chi connectivity index (χ4n) is 1.78. The van der Waals surface area contributed by atoms with Crippen molar-refractivity contribution in [3.8, 4) is 5.75 Å². The molecule has 10 heteroatoms. The van der Waals surface area contributed by atoms with Gasteiger partial charge in [0.15, 0.2) is 0 Å². The van der Waals surface area contributed by atoms with Gasteiger partial charge in [-0.3, -0.25) is 9.59 Å². The van der Waals surface area contributed by atoms with Crippen LogP contribution in [0.2, 0.25) is 0 Å². The van der Waals surface area contributed by atoms with Crippen LogP contribution in [0.15, 0.2) is 41.1 Å². The van der Waals surface area contributed by atoms with Gasteiger partial charge >= 0.3 is 18.2 Å². The van der Waals surface area contributed by atoms with Gasteiger partial charge in [0.1, 0.15) is 5.75 Å². The quantitative estimate of drug-likeness (QED) is 0.702. The summed E-state index contributed by atoms with van der Waals surface area (Å²) in [5.41, 5.74) is 0.735. The number of halogens is 3. The lowest BCUT2D eigenvalue weighted by Crippen LogP contribution is -2.37. The van der Waals surface area contributed by atoms with Gasteiger partial charge in [-0.05, 0) is 46.7 Å². The lowest BCUT2D eigenvalue weighted by molar-refractivity contribution is -0.274. The van der Waals surface area contributed by atoms with Gasteiger partial charge in [-0.2, -0.15) is 11.3 Å². The molecule has 0 aliphatic carbocycles. The summed E-state index contributed by atoms with van der Waals surface area (Å²) in [7, 11) is 0. The first-order valence-electron chi connectivity index (χ1n) is 6.90. The zero-order valence-corrected chi connectivity index (χ0v) is 13.4. The Morgan fingerprint density at radius 3 is 2.40 bits per heavy atom. The largest absolute Gasteiger partial charge is 0.573 e. The van der Waals surface area contributed by atoms with E-state index in [0.29, 0.717) is 5.56 Å². The molecule has 0 spiro atoms. The Hall–Kier alpha value is -2.59. The minimum absolute atomic E-state index is 0.119. The summed E-state index contributed by atoms with van der Waals surface area (Å²) >= 11 is 1.38. The zero-order chi connectivity index (χ0) is 18.4. The number of hydrogen-bond donors (Lipinski definition) is 3. The first kappa shape index (κ1) is 18.7. The molecular formula is C15H13F3N2O4S. The topological polar surface area (TPSA) is 87.7 Å². The maximum atomic E-state index is 12.0. The van der Waals surface area contributed by atoms with Crippen molar-refractivity contribution in [3.63, 3.8) is 0 Å². The van der Waals surface area contributed by atoms with Gasteiger partial charge in [-0.25, -0.2) is 0 Å². The number of rotatable bonds is 5. The van der Waals surface area contributed by atoms with E-state index < -0.39 is 30.0 Å². The average molecular weight is 374 g/mol. The van der Waals surface area contributed by atoms with E-state index in [2.05, 4.69) is 15.4 Å². The second kappa shape index (κ2) is 7.99. The maximum Gasteiger partial charge on any atom is 0.573 e. The molecule has 0 bridgehead atoms. The van der Waals surface area contributed by atoms with Crippen LogP contribution in [0.5, 0.6) is 5.75 Å².